The first kappa shape index (κ1) is 13.5. The fraction of sp³-hybridized carbons (Fsp3) is 0.308. The summed E-state index contributed by atoms with van der Waals surface area (Å²) >= 11 is 1.67. The van der Waals surface area contributed by atoms with Crippen molar-refractivity contribution in [3.05, 3.63) is 39.8 Å². The molecule has 2 heterocycles. The van der Waals surface area contributed by atoms with Crippen LogP contribution in [0.5, 0.6) is 0 Å². The van der Waals surface area contributed by atoms with E-state index < -0.39 is 0 Å². The molecule has 2 aromatic rings. The van der Waals surface area contributed by atoms with Gasteiger partial charge in [-0.25, -0.2) is 14.8 Å². The molecule has 0 spiro atoms. The number of anilines is 1. The van der Waals surface area contributed by atoms with Crippen LogP contribution in [0.25, 0.3) is 0 Å². The van der Waals surface area contributed by atoms with Gasteiger partial charge in [0.05, 0.1) is 24.4 Å². The molecule has 2 rings (SSSR count). The van der Waals surface area contributed by atoms with Crippen molar-refractivity contribution in [2.45, 2.75) is 20.4 Å². The quantitative estimate of drug-likeness (QED) is 0.851. The lowest BCUT2D eigenvalue weighted by molar-refractivity contribution is 0.0524. The number of rotatable bonds is 5. The summed E-state index contributed by atoms with van der Waals surface area (Å²) in [4.78, 5) is 21.2. The van der Waals surface area contributed by atoms with E-state index in [-0.39, 0.29) is 5.97 Å². The van der Waals surface area contributed by atoms with E-state index in [1.54, 1.807) is 25.2 Å². The van der Waals surface area contributed by atoms with Crippen molar-refractivity contribution < 1.29 is 9.53 Å². The second-order valence-corrected chi connectivity index (χ2v) is 4.88. The maximum absolute atomic E-state index is 11.6. The third-order valence-corrected chi connectivity index (χ3v) is 3.35. The number of aromatic nitrogens is 2. The highest BCUT2D eigenvalue weighted by Gasteiger charge is 2.12. The van der Waals surface area contributed by atoms with E-state index in [9.17, 15) is 4.79 Å². The molecule has 0 amide bonds. The molecule has 1 N–H and O–H groups in total. The molecule has 0 aliphatic heterocycles. The van der Waals surface area contributed by atoms with Gasteiger partial charge in [0.15, 0.2) is 0 Å². The van der Waals surface area contributed by atoms with Gasteiger partial charge < -0.3 is 10.1 Å². The first-order valence-corrected chi connectivity index (χ1v) is 6.85. The second-order valence-electron chi connectivity index (χ2n) is 3.85. The van der Waals surface area contributed by atoms with Crippen molar-refractivity contribution in [2.75, 3.05) is 11.9 Å². The molecule has 0 radical (unpaired) electrons. The summed E-state index contributed by atoms with van der Waals surface area (Å²) in [5.41, 5.74) is 1.02. The Morgan fingerprint density at radius 1 is 1.53 bits per heavy atom. The van der Waals surface area contributed by atoms with Gasteiger partial charge in [-0.1, -0.05) is 6.07 Å². The summed E-state index contributed by atoms with van der Waals surface area (Å²) in [7, 11) is 0. The maximum atomic E-state index is 11.6. The third kappa shape index (κ3) is 3.51. The molecular weight excluding hydrogens is 262 g/mol. The summed E-state index contributed by atoms with van der Waals surface area (Å²) in [6, 6.07) is 4.04. The van der Waals surface area contributed by atoms with Crippen LogP contribution in [0.3, 0.4) is 0 Å². The molecule has 0 aromatic carbocycles. The van der Waals surface area contributed by atoms with E-state index in [1.807, 2.05) is 17.5 Å². The Morgan fingerprint density at radius 2 is 2.37 bits per heavy atom. The van der Waals surface area contributed by atoms with Gasteiger partial charge in [0.1, 0.15) is 0 Å². The highest BCUT2D eigenvalue weighted by Crippen LogP contribution is 2.12. The summed E-state index contributed by atoms with van der Waals surface area (Å²) in [5, 5.41) is 5.14. The lowest BCUT2D eigenvalue weighted by atomic mass is 10.2. The van der Waals surface area contributed by atoms with Crippen molar-refractivity contribution in [1.29, 1.82) is 0 Å². The average molecular weight is 277 g/mol. The van der Waals surface area contributed by atoms with Crippen LogP contribution in [-0.4, -0.2) is 22.5 Å². The molecule has 0 saturated carbocycles. The van der Waals surface area contributed by atoms with Gasteiger partial charge >= 0.3 is 5.97 Å². The van der Waals surface area contributed by atoms with Gasteiger partial charge in [0, 0.05) is 11.1 Å². The van der Waals surface area contributed by atoms with E-state index >= 15 is 0 Å². The molecule has 0 bridgehead atoms. The van der Waals surface area contributed by atoms with Gasteiger partial charge in [0.2, 0.25) is 5.95 Å². The Kier molecular flexibility index (Phi) is 4.46. The van der Waals surface area contributed by atoms with Crippen molar-refractivity contribution in [3.8, 4) is 0 Å². The number of hydrogen-bond donors (Lipinski definition) is 1. The van der Waals surface area contributed by atoms with Crippen LogP contribution in [0.4, 0.5) is 5.95 Å². The van der Waals surface area contributed by atoms with E-state index in [0.717, 1.165) is 0 Å². The Morgan fingerprint density at radius 3 is 3.00 bits per heavy atom. The van der Waals surface area contributed by atoms with Crippen molar-refractivity contribution in [3.63, 3.8) is 0 Å². The molecule has 100 valence electrons. The minimum Gasteiger partial charge on any atom is -0.462 e. The minimum atomic E-state index is -0.384. The fourth-order valence-electron chi connectivity index (χ4n) is 1.54. The van der Waals surface area contributed by atoms with Crippen LogP contribution in [0.2, 0.25) is 0 Å². The Hall–Kier alpha value is -1.95. The zero-order chi connectivity index (χ0) is 13.7. The summed E-state index contributed by atoms with van der Waals surface area (Å²) < 4.78 is 4.93. The molecule has 0 saturated heterocycles. The molecule has 6 heteroatoms. The third-order valence-electron chi connectivity index (χ3n) is 2.48. The lowest BCUT2D eigenvalue weighted by Gasteiger charge is -2.07. The predicted molar refractivity (Wildman–Crippen MR) is 74.4 cm³/mol. The monoisotopic (exact) mass is 277 g/mol. The lowest BCUT2D eigenvalue weighted by Crippen LogP contribution is -2.11. The van der Waals surface area contributed by atoms with E-state index in [1.165, 1.54) is 11.1 Å². The van der Waals surface area contributed by atoms with E-state index in [4.69, 9.17) is 4.74 Å². The van der Waals surface area contributed by atoms with Crippen LogP contribution in [-0.2, 0) is 11.3 Å². The molecule has 2 aromatic heterocycles. The number of aryl methyl sites for hydroxylation is 1. The van der Waals surface area contributed by atoms with Gasteiger partial charge in [0.25, 0.3) is 0 Å². The van der Waals surface area contributed by atoms with Crippen LogP contribution in [0.15, 0.2) is 23.7 Å². The van der Waals surface area contributed by atoms with Crippen LogP contribution in [0, 0.1) is 6.92 Å². The molecule has 0 aliphatic rings. The zero-order valence-corrected chi connectivity index (χ0v) is 11.7. The molecule has 0 unspecified atom stereocenters. The minimum absolute atomic E-state index is 0.344. The summed E-state index contributed by atoms with van der Waals surface area (Å²) in [6.45, 7) is 4.56. The standard InChI is InChI=1S/C13H15N3O2S/c1-3-18-12(17)11-8-15-13(16-9(11)2)14-7-10-5-4-6-19-10/h4-6,8H,3,7H2,1-2H3,(H,14,15,16). The van der Waals surface area contributed by atoms with E-state index in [2.05, 4.69) is 15.3 Å². The SMILES string of the molecule is CCOC(=O)c1cnc(NCc2cccs2)nc1C. The number of esters is 1. The first-order chi connectivity index (χ1) is 9.20. The highest BCUT2D eigenvalue weighted by atomic mass is 32.1. The largest absolute Gasteiger partial charge is 0.462 e. The summed E-state index contributed by atoms with van der Waals surface area (Å²) in [5.74, 6) is 0.128. The number of thiophene rings is 1. The highest BCUT2D eigenvalue weighted by molar-refractivity contribution is 7.09. The van der Waals surface area contributed by atoms with Gasteiger partial charge in [-0.3, -0.25) is 0 Å². The Bertz CT molecular complexity index is 555. The Balaban J connectivity index is 2.04. The fourth-order valence-corrected chi connectivity index (χ4v) is 2.19. The number of hydrogen-bond acceptors (Lipinski definition) is 6. The van der Waals surface area contributed by atoms with Gasteiger partial charge in [-0.05, 0) is 25.3 Å². The molecule has 19 heavy (non-hydrogen) atoms. The maximum Gasteiger partial charge on any atom is 0.341 e. The summed E-state index contributed by atoms with van der Waals surface area (Å²) in [6.07, 6.45) is 1.50. The number of nitrogens with one attached hydrogen (secondary N) is 1. The van der Waals surface area contributed by atoms with E-state index in [0.29, 0.717) is 30.4 Å². The smallest absolute Gasteiger partial charge is 0.341 e. The number of ether oxygens (including phenoxy) is 1. The number of carbonyl (C=O) groups is 1. The number of nitrogens with zero attached hydrogens (tertiary/aromatic N) is 2. The normalized spacial score (nSPS) is 10.2. The Labute approximate surface area is 115 Å². The molecule has 0 fully saturated rings. The topological polar surface area (TPSA) is 64.1 Å². The van der Waals surface area contributed by atoms with Crippen LogP contribution in [0.1, 0.15) is 27.9 Å². The average Bonchev–Trinajstić information content (AvgIpc) is 2.89. The molecule has 0 aliphatic carbocycles. The van der Waals surface area contributed by atoms with Crippen molar-refractivity contribution in [2.24, 2.45) is 0 Å². The van der Waals surface area contributed by atoms with Gasteiger partial charge in [-0.2, -0.15) is 0 Å². The predicted octanol–water partition coefficient (Wildman–Crippen LogP) is 2.64. The number of carbonyl (C=O) groups excluding carboxylic acids is 1. The van der Waals surface area contributed by atoms with Crippen LogP contribution >= 0.6 is 11.3 Å². The molecular formula is C13H15N3O2S. The molecule has 0 atom stereocenters. The zero-order valence-electron chi connectivity index (χ0n) is 10.8. The molecule has 5 nitrogen and oxygen atoms in total. The van der Waals surface area contributed by atoms with Gasteiger partial charge in [-0.15, -0.1) is 11.3 Å². The first-order valence-electron chi connectivity index (χ1n) is 5.97. The van der Waals surface area contributed by atoms with Crippen molar-refractivity contribution >= 4 is 23.3 Å². The van der Waals surface area contributed by atoms with Crippen molar-refractivity contribution in [1.82, 2.24) is 9.97 Å². The van der Waals surface area contributed by atoms with Crippen LogP contribution < -0.4 is 5.32 Å². The second kappa shape index (κ2) is 6.29.